The zero-order chi connectivity index (χ0) is 12.0. The number of ether oxygens (including phenoxy) is 1. The summed E-state index contributed by atoms with van der Waals surface area (Å²) >= 11 is 6.71. The van der Waals surface area contributed by atoms with Crippen molar-refractivity contribution >= 4 is 19.7 Å². The van der Waals surface area contributed by atoms with E-state index in [0.717, 1.165) is 12.2 Å². The standard InChI is InChI=1S/C13H19ClOSi/c1-15-11-7-5-10(6-8-11)13(14)9-12(13)16(2,3)4/h5-8,12H,9H2,1-4H3. The van der Waals surface area contributed by atoms with E-state index < -0.39 is 8.07 Å². The highest BCUT2D eigenvalue weighted by atomic mass is 35.5. The third-order valence-electron chi connectivity index (χ3n) is 3.51. The van der Waals surface area contributed by atoms with Gasteiger partial charge in [-0.1, -0.05) is 31.8 Å². The molecule has 0 amide bonds. The molecule has 0 bridgehead atoms. The van der Waals surface area contributed by atoms with Crippen LogP contribution in [0.25, 0.3) is 0 Å². The minimum atomic E-state index is -1.13. The molecule has 1 aromatic rings. The predicted molar refractivity (Wildman–Crippen MR) is 72.2 cm³/mol. The first kappa shape index (κ1) is 12.0. The van der Waals surface area contributed by atoms with Crippen molar-refractivity contribution in [2.24, 2.45) is 0 Å². The van der Waals surface area contributed by atoms with E-state index in [-0.39, 0.29) is 4.87 Å². The van der Waals surface area contributed by atoms with Crippen molar-refractivity contribution in [3.8, 4) is 5.75 Å². The molecule has 1 fully saturated rings. The molecule has 2 rings (SSSR count). The van der Waals surface area contributed by atoms with E-state index in [1.165, 1.54) is 5.56 Å². The summed E-state index contributed by atoms with van der Waals surface area (Å²) in [5.41, 5.74) is 1.96. The van der Waals surface area contributed by atoms with Gasteiger partial charge in [0, 0.05) is 8.07 Å². The van der Waals surface area contributed by atoms with Crippen molar-refractivity contribution in [2.75, 3.05) is 7.11 Å². The van der Waals surface area contributed by atoms with E-state index >= 15 is 0 Å². The largest absolute Gasteiger partial charge is 0.497 e. The van der Waals surface area contributed by atoms with Gasteiger partial charge in [0.1, 0.15) is 5.75 Å². The summed E-state index contributed by atoms with van der Waals surface area (Å²) in [4.78, 5) is -0.0866. The van der Waals surface area contributed by atoms with E-state index in [2.05, 4.69) is 31.8 Å². The Morgan fingerprint density at radius 1 is 1.25 bits per heavy atom. The summed E-state index contributed by atoms with van der Waals surface area (Å²) in [7, 11) is 0.561. The fourth-order valence-electron chi connectivity index (χ4n) is 2.42. The van der Waals surface area contributed by atoms with E-state index in [0.29, 0.717) is 5.54 Å². The normalized spacial score (nSPS) is 28.9. The molecule has 1 aliphatic carbocycles. The number of halogens is 1. The Hall–Kier alpha value is -0.473. The van der Waals surface area contributed by atoms with Crippen LogP contribution in [0.3, 0.4) is 0 Å². The highest BCUT2D eigenvalue weighted by Crippen LogP contribution is 2.66. The Labute approximate surface area is 104 Å². The van der Waals surface area contributed by atoms with Crippen molar-refractivity contribution in [1.29, 1.82) is 0 Å². The first-order valence-corrected chi connectivity index (χ1v) is 9.67. The Balaban J connectivity index is 2.20. The molecule has 3 heteroatoms. The van der Waals surface area contributed by atoms with Gasteiger partial charge in [0.25, 0.3) is 0 Å². The molecule has 1 saturated carbocycles. The summed E-state index contributed by atoms with van der Waals surface area (Å²) in [6.07, 6.45) is 1.14. The second kappa shape index (κ2) is 3.78. The molecule has 0 heterocycles. The maximum Gasteiger partial charge on any atom is 0.118 e. The van der Waals surface area contributed by atoms with Crippen molar-refractivity contribution in [1.82, 2.24) is 0 Å². The van der Waals surface area contributed by atoms with Gasteiger partial charge < -0.3 is 4.74 Å². The summed E-state index contributed by atoms with van der Waals surface area (Å²) in [6, 6.07) is 8.20. The topological polar surface area (TPSA) is 9.23 Å². The molecular weight excluding hydrogens is 236 g/mol. The van der Waals surface area contributed by atoms with Crippen molar-refractivity contribution in [3.05, 3.63) is 29.8 Å². The lowest BCUT2D eigenvalue weighted by atomic mass is 10.1. The molecule has 0 aliphatic heterocycles. The van der Waals surface area contributed by atoms with Crippen molar-refractivity contribution < 1.29 is 4.74 Å². The molecule has 0 N–H and O–H groups in total. The second-order valence-corrected chi connectivity index (χ2v) is 11.8. The van der Waals surface area contributed by atoms with Gasteiger partial charge in [-0.2, -0.15) is 0 Å². The van der Waals surface area contributed by atoms with Gasteiger partial charge >= 0.3 is 0 Å². The van der Waals surface area contributed by atoms with E-state index in [4.69, 9.17) is 16.3 Å². The lowest BCUT2D eigenvalue weighted by molar-refractivity contribution is 0.414. The average molecular weight is 255 g/mol. The molecular formula is C13H19ClOSi. The third kappa shape index (κ3) is 2.01. The summed E-state index contributed by atoms with van der Waals surface area (Å²) < 4.78 is 5.16. The molecule has 88 valence electrons. The minimum Gasteiger partial charge on any atom is -0.497 e. The smallest absolute Gasteiger partial charge is 0.118 e. The second-order valence-electron chi connectivity index (χ2n) is 5.71. The first-order valence-electron chi connectivity index (χ1n) is 5.71. The fraction of sp³-hybridized carbons (Fsp3) is 0.538. The molecule has 2 unspecified atom stereocenters. The molecule has 0 radical (unpaired) electrons. The maximum atomic E-state index is 6.71. The van der Waals surface area contributed by atoms with Crippen molar-refractivity contribution in [2.45, 2.75) is 36.5 Å². The predicted octanol–water partition coefficient (Wildman–Crippen LogP) is 4.24. The monoisotopic (exact) mass is 254 g/mol. The number of methoxy groups -OCH3 is 1. The fourth-order valence-corrected chi connectivity index (χ4v) is 6.28. The Kier molecular flexibility index (Phi) is 2.83. The molecule has 0 saturated heterocycles. The molecule has 1 aromatic carbocycles. The lowest BCUT2D eigenvalue weighted by Crippen LogP contribution is -2.23. The quantitative estimate of drug-likeness (QED) is 0.579. The summed E-state index contributed by atoms with van der Waals surface area (Å²) in [5.74, 6) is 0.897. The van der Waals surface area contributed by atoms with Crippen LogP contribution >= 0.6 is 11.6 Å². The van der Waals surface area contributed by atoms with Crippen LogP contribution in [0.15, 0.2) is 24.3 Å². The maximum absolute atomic E-state index is 6.71. The molecule has 16 heavy (non-hydrogen) atoms. The number of benzene rings is 1. The Bertz CT molecular complexity index is 382. The minimum absolute atomic E-state index is 0.0866. The molecule has 0 aromatic heterocycles. The van der Waals surface area contributed by atoms with Crippen molar-refractivity contribution in [3.63, 3.8) is 0 Å². The Morgan fingerprint density at radius 2 is 1.81 bits per heavy atom. The van der Waals surface area contributed by atoms with Gasteiger partial charge in [-0.15, -0.1) is 11.6 Å². The van der Waals surface area contributed by atoms with Crippen LogP contribution < -0.4 is 4.74 Å². The van der Waals surface area contributed by atoms with Crippen LogP contribution in [0, 0.1) is 0 Å². The highest BCUT2D eigenvalue weighted by molar-refractivity contribution is 6.79. The van der Waals surface area contributed by atoms with Gasteiger partial charge in [-0.25, -0.2) is 0 Å². The number of hydrogen-bond donors (Lipinski definition) is 0. The van der Waals surface area contributed by atoms with Crippen LogP contribution in [-0.4, -0.2) is 15.2 Å². The van der Waals surface area contributed by atoms with Gasteiger partial charge in [0.2, 0.25) is 0 Å². The van der Waals surface area contributed by atoms with Crippen LogP contribution in [0.2, 0.25) is 25.2 Å². The number of alkyl halides is 1. The summed E-state index contributed by atoms with van der Waals surface area (Å²) in [6.45, 7) is 7.18. The van der Waals surface area contributed by atoms with Crippen LogP contribution in [0.1, 0.15) is 12.0 Å². The number of rotatable bonds is 3. The van der Waals surface area contributed by atoms with Gasteiger partial charge in [0.05, 0.1) is 12.0 Å². The molecule has 1 aliphatic rings. The molecule has 1 nitrogen and oxygen atoms in total. The molecule has 2 atom stereocenters. The summed E-state index contributed by atoms with van der Waals surface area (Å²) in [5, 5.41) is 0. The Morgan fingerprint density at radius 3 is 2.19 bits per heavy atom. The third-order valence-corrected chi connectivity index (χ3v) is 7.12. The average Bonchev–Trinajstić information content (AvgIpc) is 2.92. The van der Waals surface area contributed by atoms with Gasteiger partial charge in [0.15, 0.2) is 0 Å². The zero-order valence-corrected chi connectivity index (χ0v) is 12.1. The van der Waals surface area contributed by atoms with E-state index in [9.17, 15) is 0 Å². The SMILES string of the molecule is COc1ccc(C2(Cl)CC2[Si](C)(C)C)cc1. The lowest BCUT2D eigenvalue weighted by Gasteiger charge is -2.19. The molecule has 0 spiro atoms. The van der Waals surface area contributed by atoms with Crippen LogP contribution in [0.5, 0.6) is 5.75 Å². The van der Waals surface area contributed by atoms with E-state index in [1.54, 1.807) is 7.11 Å². The highest BCUT2D eigenvalue weighted by Gasteiger charge is 2.59. The zero-order valence-electron chi connectivity index (χ0n) is 10.4. The van der Waals surface area contributed by atoms with Crippen LogP contribution in [0.4, 0.5) is 0 Å². The number of hydrogen-bond acceptors (Lipinski definition) is 1. The van der Waals surface area contributed by atoms with Gasteiger partial charge in [-0.3, -0.25) is 0 Å². The first-order chi connectivity index (χ1) is 7.38. The van der Waals surface area contributed by atoms with E-state index in [1.807, 2.05) is 12.1 Å². The van der Waals surface area contributed by atoms with Crippen LogP contribution in [-0.2, 0) is 4.87 Å². The van der Waals surface area contributed by atoms with Gasteiger partial charge in [-0.05, 0) is 29.7 Å².